The zero-order valence-corrected chi connectivity index (χ0v) is 10.4. The molecular formula is C13H16O5. The van der Waals surface area contributed by atoms with Crippen molar-refractivity contribution in [2.75, 3.05) is 14.2 Å². The number of benzene rings is 1. The van der Waals surface area contributed by atoms with Crippen LogP contribution in [0.1, 0.15) is 12.0 Å². The molecule has 5 nitrogen and oxygen atoms in total. The molecule has 1 aromatic carbocycles. The third-order valence-electron chi connectivity index (χ3n) is 2.63. The Hall–Kier alpha value is -2.04. The summed E-state index contributed by atoms with van der Waals surface area (Å²) in [4.78, 5) is 22.8. The maximum atomic E-state index is 11.6. The molecule has 0 aliphatic heterocycles. The SMILES string of the molecule is COC(=O)CC(Cc1ccccc1O)C(=O)OC. The number of phenols is 1. The minimum absolute atomic E-state index is 0.0719. The van der Waals surface area contributed by atoms with Crippen LogP contribution in [0.25, 0.3) is 0 Å². The van der Waals surface area contributed by atoms with Crippen LogP contribution in [0.5, 0.6) is 5.75 Å². The number of hydrogen-bond donors (Lipinski definition) is 1. The Kier molecular flexibility index (Phi) is 5.17. The molecule has 98 valence electrons. The van der Waals surface area contributed by atoms with Gasteiger partial charge in [-0.1, -0.05) is 18.2 Å². The number of carbonyl (C=O) groups is 2. The molecule has 1 unspecified atom stereocenters. The number of phenolic OH excluding ortho intramolecular Hbond substituents is 1. The molecule has 0 saturated heterocycles. The lowest BCUT2D eigenvalue weighted by Crippen LogP contribution is -2.22. The number of hydrogen-bond acceptors (Lipinski definition) is 5. The number of methoxy groups -OCH3 is 2. The van der Waals surface area contributed by atoms with Gasteiger partial charge in [0.2, 0.25) is 0 Å². The lowest BCUT2D eigenvalue weighted by Gasteiger charge is -2.14. The maximum absolute atomic E-state index is 11.6. The van der Waals surface area contributed by atoms with Crippen molar-refractivity contribution in [3.63, 3.8) is 0 Å². The van der Waals surface area contributed by atoms with Crippen molar-refractivity contribution in [2.45, 2.75) is 12.8 Å². The third-order valence-corrected chi connectivity index (χ3v) is 2.63. The van der Waals surface area contributed by atoms with Gasteiger partial charge < -0.3 is 14.6 Å². The highest BCUT2D eigenvalue weighted by atomic mass is 16.5. The molecule has 5 heteroatoms. The number of ether oxygens (including phenoxy) is 2. The van der Waals surface area contributed by atoms with Crippen LogP contribution in [-0.4, -0.2) is 31.3 Å². The molecule has 0 bridgehead atoms. The molecule has 0 spiro atoms. The van der Waals surface area contributed by atoms with Crippen molar-refractivity contribution in [3.8, 4) is 5.75 Å². The van der Waals surface area contributed by atoms with Crippen molar-refractivity contribution in [1.82, 2.24) is 0 Å². The van der Waals surface area contributed by atoms with Crippen LogP contribution in [-0.2, 0) is 25.5 Å². The Balaban J connectivity index is 2.82. The Morgan fingerprint density at radius 2 is 1.89 bits per heavy atom. The van der Waals surface area contributed by atoms with E-state index in [0.717, 1.165) is 0 Å². The van der Waals surface area contributed by atoms with Gasteiger partial charge in [0.1, 0.15) is 5.75 Å². The standard InChI is InChI=1S/C13H16O5/c1-17-12(15)8-10(13(16)18-2)7-9-5-3-4-6-11(9)14/h3-6,10,14H,7-8H2,1-2H3. The molecule has 0 saturated carbocycles. The predicted molar refractivity (Wildman–Crippen MR) is 63.9 cm³/mol. The Bertz CT molecular complexity index is 427. The second-order valence-corrected chi connectivity index (χ2v) is 3.83. The van der Waals surface area contributed by atoms with Gasteiger partial charge in [0.25, 0.3) is 0 Å². The van der Waals surface area contributed by atoms with E-state index in [-0.39, 0.29) is 18.6 Å². The molecule has 18 heavy (non-hydrogen) atoms. The Morgan fingerprint density at radius 3 is 2.44 bits per heavy atom. The van der Waals surface area contributed by atoms with Crippen LogP contribution in [0.2, 0.25) is 0 Å². The van der Waals surface area contributed by atoms with Crippen LogP contribution < -0.4 is 0 Å². The second kappa shape index (κ2) is 6.64. The summed E-state index contributed by atoms with van der Waals surface area (Å²) >= 11 is 0. The van der Waals surface area contributed by atoms with Gasteiger partial charge >= 0.3 is 11.9 Å². The first kappa shape index (κ1) is 14.0. The average Bonchev–Trinajstić information content (AvgIpc) is 2.39. The van der Waals surface area contributed by atoms with Crippen LogP contribution in [0.3, 0.4) is 0 Å². The van der Waals surface area contributed by atoms with Crippen molar-refractivity contribution in [2.24, 2.45) is 5.92 Å². The molecule has 0 fully saturated rings. The Labute approximate surface area is 105 Å². The molecule has 0 aliphatic carbocycles. The first-order chi connectivity index (χ1) is 8.58. The summed E-state index contributed by atoms with van der Waals surface area (Å²) in [5, 5.41) is 9.64. The van der Waals surface area contributed by atoms with Gasteiger partial charge in [-0.25, -0.2) is 0 Å². The van der Waals surface area contributed by atoms with Gasteiger partial charge in [-0.3, -0.25) is 9.59 Å². The lowest BCUT2D eigenvalue weighted by atomic mass is 9.96. The second-order valence-electron chi connectivity index (χ2n) is 3.83. The highest BCUT2D eigenvalue weighted by Crippen LogP contribution is 2.22. The quantitative estimate of drug-likeness (QED) is 0.799. The zero-order chi connectivity index (χ0) is 13.5. The van der Waals surface area contributed by atoms with Crippen LogP contribution in [0.4, 0.5) is 0 Å². The van der Waals surface area contributed by atoms with E-state index in [4.69, 9.17) is 0 Å². The van der Waals surface area contributed by atoms with E-state index in [2.05, 4.69) is 9.47 Å². The topological polar surface area (TPSA) is 72.8 Å². The van der Waals surface area contributed by atoms with Gasteiger partial charge in [0.05, 0.1) is 26.6 Å². The van der Waals surface area contributed by atoms with Crippen LogP contribution in [0.15, 0.2) is 24.3 Å². The molecule has 1 aromatic rings. The summed E-state index contributed by atoms with van der Waals surface area (Å²) < 4.78 is 9.18. The van der Waals surface area contributed by atoms with Gasteiger partial charge in [-0.15, -0.1) is 0 Å². The predicted octanol–water partition coefficient (Wildman–Crippen LogP) is 1.29. The molecule has 0 aromatic heterocycles. The van der Waals surface area contributed by atoms with Crippen molar-refractivity contribution in [3.05, 3.63) is 29.8 Å². The summed E-state index contributed by atoms with van der Waals surface area (Å²) in [6.07, 6.45) is 0.159. The van der Waals surface area contributed by atoms with E-state index in [0.29, 0.717) is 5.56 Å². The van der Waals surface area contributed by atoms with Crippen molar-refractivity contribution in [1.29, 1.82) is 0 Å². The van der Waals surface area contributed by atoms with Gasteiger partial charge in [0, 0.05) is 0 Å². The smallest absolute Gasteiger partial charge is 0.309 e. The molecule has 1 atom stereocenters. The van der Waals surface area contributed by atoms with Gasteiger partial charge in [0.15, 0.2) is 0 Å². The minimum Gasteiger partial charge on any atom is -0.508 e. The Morgan fingerprint density at radius 1 is 1.22 bits per heavy atom. The zero-order valence-electron chi connectivity index (χ0n) is 10.4. The summed E-state index contributed by atoms with van der Waals surface area (Å²) in [5.41, 5.74) is 0.594. The third kappa shape index (κ3) is 3.76. The molecule has 0 aliphatic rings. The van der Waals surface area contributed by atoms with Gasteiger partial charge in [-0.2, -0.15) is 0 Å². The van der Waals surface area contributed by atoms with E-state index >= 15 is 0 Å². The van der Waals surface area contributed by atoms with Gasteiger partial charge in [-0.05, 0) is 18.1 Å². The monoisotopic (exact) mass is 252 g/mol. The molecule has 1 rings (SSSR count). The molecule has 0 amide bonds. The number of carbonyl (C=O) groups excluding carboxylic acids is 2. The molecule has 1 N–H and O–H groups in total. The van der Waals surface area contributed by atoms with E-state index in [1.165, 1.54) is 20.3 Å². The fourth-order valence-corrected chi connectivity index (χ4v) is 1.64. The van der Waals surface area contributed by atoms with Crippen molar-refractivity contribution >= 4 is 11.9 Å². The highest BCUT2D eigenvalue weighted by Gasteiger charge is 2.24. The lowest BCUT2D eigenvalue weighted by molar-refractivity contribution is -0.152. The summed E-state index contributed by atoms with van der Waals surface area (Å²) in [6.45, 7) is 0. The normalized spacial score (nSPS) is 11.7. The fourth-order valence-electron chi connectivity index (χ4n) is 1.64. The molecular weight excluding hydrogens is 236 g/mol. The highest BCUT2D eigenvalue weighted by molar-refractivity contribution is 5.80. The molecule has 0 heterocycles. The van der Waals surface area contributed by atoms with Crippen molar-refractivity contribution < 1.29 is 24.2 Å². The number of rotatable bonds is 5. The molecule has 0 radical (unpaired) electrons. The van der Waals surface area contributed by atoms with E-state index in [1.54, 1.807) is 18.2 Å². The van der Waals surface area contributed by atoms with E-state index < -0.39 is 17.9 Å². The largest absolute Gasteiger partial charge is 0.508 e. The first-order valence-electron chi connectivity index (χ1n) is 5.50. The van der Waals surface area contributed by atoms with E-state index in [9.17, 15) is 14.7 Å². The summed E-state index contributed by atoms with van der Waals surface area (Å²) in [6, 6.07) is 6.66. The maximum Gasteiger partial charge on any atom is 0.309 e. The van der Waals surface area contributed by atoms with Crippen LogP contribution in [0, 0.1) is 5.92 Å². The number of esters is 2. The minimum atomic E-state index is -0.657. The fraction of sp³-hybridized carbons (Fsp3) is 0.385. The van der Waals surface area contributed by atoms with Crippen LogP contribution >= 0.6 is 0 Å². The number of aromatic hydroxyl groups is 1. The van der Waals surface area contributed by atoms with E-state index in [1.807, 2.05) is 0 Å². The first-order valence-corrected chi connectivity index (χ1v) is 5.50. The summed E-state index contributed by atoms with van der Waals surface area (Å²) in [5.74, 6) is -1.54. The number of para-hydroxylation sites is 1. The summed E-state index contributed by atoms with van der Waals surface area (Å²) in [7, 11) is 2.52. The average molecular weight is 252 g/mol.